The average Bonchev–Trinajstić information content (AvgIpc) is 2.53. The second-order valence-corrected chi connectivity index (χ2v) is 6.03. The van der Waals surface area contributed by atoms with Gasteiger partial charge in [-0.3, -0.25) is 4.79 Å². The van der Waals surface area contributed by atoms with Crippen LogP contribution in [0.25, 0.3) is 0 Å². The predicted octanol–water partition coefficient (Wildman–Crippen LogP) is 5.76. The second-order valence-electron chi connectivity index (χ2n) is 5.69. The van der Waals surface area contributed by atoms with Gasteiger partial charge in [0.2, 0.25) is 5.88 Å². The van der Waals surface area contributed by atoms with Crippen LogP contribution in [0.5, 0.6) is 5.88 Å². The van der Waals surface area contributed by atoms with Crippen LogP contribution in [-0.4, -0.2) is 16.8 Å². The van der Waals surface area contributed by atoms with Crippen LogP contribution in [0.1, 0.15) is 81.5 Å². The molecular weight excluding hydrogens is 298 g/mol. The molecule has 0 radical (unpaired) electrons. The van der Waals surface area contributed by atoms with Crippen LogP contribution in [0.2, 0.25) is 0 Å². The van der Waals surface area contributed by atoms with Gasteiger partial charge in [-0.15, -0.1) is 0 Å². The van der Waals surface area contributed by atoms with E-state index in [1.165, 1.54) is 64.0 Å². The van der Waals surface area contributed by atoms with Gasteiger partial charge in [-0.2, -0.15) is 0 Å². The molecule has 3 nitrogen and oxygen atoms in total. The zero-order valence-electron chi connectivity index (χ0n) is 13.7. The van der Waals surface area contributed by atoms with Gasteiger partial charge < -0.3 is 4.74 Å². The van der Waals surface area contributed by atoms with Crippen molar-refractivity contribution in [2.45, 2.75) is 71.1 Å². The first kappa shape index (κ1) is 19.0. The number of halogens is 1. The third-order valence-corrected chi connectivity index (χ3v) is 3.93. The van der Waals surface area contributed by atoms with Crippen LogP contribution in [0.4, 0.5) is 0 Å². The van der Waals surface area contributed by atoms with Crippen molar-refractivity contribution in [1.82, 2.24) is 4.98 Å². The predicted molar refractivity (Wildman–Crippen MR) is 91.8 cm³/mol. The molecule has 1 rings (SSSR count). The highest BCUT2D eigenvalue weighted by molar-refractivity contribution is 6.67. The van der Waals surface area contributed by atoms with Gasteiger partial charge >= 0.3 is 0 Å². The van der Waals surface area contributed by atoms with Crippen molar-refractivity contribution in [3.05, 3.63) is 23.9 Å². The smallest absolute Gasteiger partial charge is 0.253 e. The number of carbonyl (C=O) groups excluding carboxylic acids is 1. The lowest BCUT2D eigenvalue weighted by Crippen LogP contribution is -2.00. The molecule has 1 heterocycles. The molecule has 0 aliphatic carbocycles. The molecule has 0 amide bonds. The molecule has 0 saturated heterocycles. The van der Waals surface area contributed by atoms with Crippen molar-refractivity contribution in [2.24, 2.45) is 0 Å². The Morgan fingerprint density at radius 1 is 1.00 bits per heavy atom. The number of unbranched alkanes of at least 4 members (excludes halogenated alkanes) is 9. The summed E-state index contributed by atoms with van der Waals surface area (Å²) in [4.78, 5) is 15.0. The highest BCUT2D eigenvalue weighted by Gasteiger charge is 2.02. The van der Waals surface area contributed by atoms with Crippen LogP contribution in [0.15, 0.2) is 18.3 Å². The number of hydrogen-bond donors (Lipinski definition) is 0. The average molecular weight is 326 g/mol. The molecule has 22 heavy (non-hydrogen) atoms. The number of nitrogens with zero attached hydrogens (tertiary/aromatic N) is 1. The van der Waals surface area contributed by atoms with E-state index in [9.17, 15) is 4.79 Å². The lowest BCUT2D eigenvalue weighted by molar-refractivity contribution is 0.108. The standard InChI is InChI=1S/C18H28ClNO2/c1-2-3-4-5-6-7-8-9-10-11-14-22-17-13-12-16(15-20-17)18(19)21/h12-13,15H,2-11,14H2,1H3. The van der Waals surface area contributed by atoms with Crippen LogP contribution >= 0.6 is 11.6 Å². The second kappa shape index (κ2) is 12.5. The molecule has 0 aliphatic heterocycles. The third-order valence-electron chi connectivity index (χ3n) is 3.71. The quantitative estimate of drug-likeness (QED) is 0.342. The van der Waals surface area contributed by atoms with Gasteiger partial charge in [-0.25, -0.2) is 4.98 Å². The van der Waals surface area contributed by atoms with E-state index in [1.54, 1.807) is 12.1 Å². The van der Waals surface area contributed by atoms with Gasteiger partial charge in [0.1, 0.15) is 0 Å². The van der Waals surface area contributed by atoms with E-state index in [0.29, 0.717) is 18.1 Å². The van der Waals surface area contributed by atoms with E-state index in [4.69, 9.17) is 16.3 Å². The molecule has 0 aromatic carbocycles. The molecule has 1 aromatic heterocycles. The normalized spacial score (nSPS) is 10.6. The third kappa shape index (κ3) is 9.04. The van der Waals surface area contributed by atoms with E-state index >= 15 is 0 Å². The fraction of sp³-hybridized carbons (Fsp3) is 0.667. The van der Waals surface area contributed by atoms with Crippen molar-refractivity contribution < 1.29 is 9.53 Å². The molecule has 0 spiro atoms. The minimum absolute atomic E-state index is 0.396. The summed E-state index contributed by atoms with van der Waals surface area (Å²) in [6, 6.07) is 3.32. The Bertz CT molecular complexity index is 406. The minimum atomic E-state index is -0.492. The molecule has 1 aromatic rings. The molecule has 124 valence electrons. The van der Waals surface area contributed by atoms with Gasteiger partial charge in [0, 0.05) is 12.3 Å². The Morgan fingerprint density at radius 2 is 1.59 bits per heavy atom. The number of aromatic nitrogens is 1. The van der Waals surface area contributed by atoms with Crippen molar-refractivity contribution >= 4 is 16.8 Å². The summed E-state index contributed by atoms with van der Waals surface area (Å²) in [5.74, 6) is 0.553. The number of hydrogen-bond acceptors (Lipinski definition) is 3. The number of pyridine rings is 1. The first-order chi connectivity index (χ1) is 10.7. The van der Waals surface area contributed by atoms with E-state index in [0.717, 1.165) is 6.42 Å². The van der Waals surface area contributed by atoms with E-state index in [2.05, 4.69) is 11.9 Å². The summed E-state index contributed by atoms with van der Waals surface area (Å²) < 4.78 is 5.55. The zero-order chi connectivity index (χ0) is 16.0. The number of rotatable bonds is 13. The largest absolute Gasteiger partial charge is 0.478 e. The van der Waals surface area contributed by atoms with Gasteiger partial charge in [0.05, 0.1) is 12.2 Å². The number of carbonyl (C=O) groups is 1. The van der Waals surface area contributed by atoms with Crippen molar-refractivity contribution in [2.75, 3.05) is 6.61 Å². The molecule has 0 unspecified atom stereocenters. The van der Waals surface area contributed by atoms with Gasteiger partial charge in [-0.1, -0.05) is 64.7 Å². The Hall–Kier alpha value is -1.09. The maximum absolute atomic E-state index is 10.9. The summed E-state index contributed by atoms with van der Waals surface area (Å²) in [5, 5.41) is -0.492. The van der Waals surface area contributed by atoms with Crippen LogP contribution in [-0.2, 0) is 0 Å². The minimum Gasteiger partial charge on any atom is -0.478 e. The van der Waals surface area contributed by atoms with Crippen molar-refractivity contribution in [1.29, 1.82) is 0 Å². The Morgan fingerprint density at radius 3 is 2.09 bits per heavy atom. The molecular formula is C18H28ClNO2. The van der Waals surface area contributed by atoms with Crippen LogP contribution in [0, 0.1) is 0 Å². The van der Waals surface area contributed by atoms with E-state index in [1.807, 2.05) is 0 Å². The molecule has 0 bridgehead atoms. The first-order valence-corrected chi connectivity index (χ1v) is 8.90. The lowest BCUT2D eigenvalue weighted by atomic mass is 10.1. The summed E-state index contributed by atoms with van der Waals surface area (Å²) in [5.41, 5.74) is 0.396. The summed E-state index contributed by atoms with van der Waals surface area (Å²) in [6.07, 6.45) is 14.5. The Labute approximate surface area is 139 Å². The molecule has 0 atom stereocenters. The summed E-state index contributed by atoms with van der Waals surface area (Å²) >= 11 is 5.36. The summed E-state index contributed by atoms with van der Waals surface area (Å²) in [7, 11) is 0. The van der Waals surface area contributed by atoms with Crippen molar-refractivity contribution in [3.63, 3.8) is 0 Å². The Kier molecular flexibility index (Phi) is 10.7. The highest BCUT2D eigenvalue weighted by Crippen LogP contribution is 2.12. The highest BCUT2D eigenvalue weighted by atomic mass is 35.5. The fourth-order valence-electron chi connectivity index (χ4n) is 2.35. The molecule has 0 saturated carbocycles. The SMILES string of the molecule is CCCCCCCCCCCCOc1ccc(C(=O)Cl)cn1. The van der Waals surface area contributed by atoms with Gasteiger partial charge in [0.25, 0.3) is 5.24 Å². The van der Waals surface area contributed by atoms with Gasteiger partial charge in [0.15, 0.2) is 0 Å². The molecule has 0 N–H and O–H groups in total. The maximum atomic E-state index is 10.9. The lowest BCUT2D eigenvalue weighted by Gasteiger charge is -2.05. The van der Waals surface area contributed by atoms with E-state index in [-0.39, 0.29) is 0 Å². The van der Waals surface area contributed by atoms with E-state index < -0.39 is 5.24 Å². The first-order valence-electron chi connectivity index (χ1n) is 8.52. The van der Waals surface area contributed by atoms with Crippen LogP contribution < -0.4 is 4.74 Å². The zero-order valence-corrected chi connectivity index (χ0v) is 14.4. The monoisotopic (exact) mass is 325 g/mol. The summed E-state index contributed by atoms with van der Waals surface area (Å²) in [6.45, 7) is 2.93. The molecule has 0 fully saturated rings. The van der Waals surface area contributed by atoms with Gasteiger partial charge in [-0.05, 0) is 24.1 Å². The maximum Gasteiger partial charge on any atom is 0.253 e. The van der Waals surface area contributed by atoms with Crippen LogP contribution in [0.3, 0.4) is 0 Å². The topological polar surface area (TPSA) is 39.2 Å². The molecule has 4 heteroatoms. The van der Waals surface area contributed by atoms with Crippen molar-refractivity contribution in [3.8, 4) is 5.88 Å². The Balaban J connectivity index is 1.94. The molecule has 0 aliphatic rings. The number of ether oxygens (including phenoxy) is 1. The fourth-order valence-corrected chi connectivity index (χ4v) is 2.46.